The first-order chi connectivity index (χ1) is 10.0. The third-order valence-electron chi connectivity index (χ3n) is 3.77. The van der Waals surface area contributed by atoms with Gasteiger partial charge >= 0.3 is 0 Å². The van der Waals surface area contributed by atoms with Crippen molar-refractivity contribution in [3.05, 3.63) is 12.4 Å². The molecule has 1 saturated heterocycles. The van der Waals surface area contributed by atoms with Crippen molar-refractivity contribution in [2.24, 2.45) is 5.92 Å². The smallest absolute Gasteiger partial charge is 0.241 e. The fourth-order valence-electron chi connectivity index (χ4n) is 2.17. The lowest BCUT2D eigenvalue weighted by Crippen LogP contribution is -2.48. The second-order valence-corrected chi connectivity index (χ2v) is 5.68. The van der Waals surface area contributed by atoms with Crippen molar-refractivity contribution in [2.75, 3.05) is 43.5 Å². The number of aliphatic hydroxyl groups is 1. The molecule has 1 aliphatic rings. The number of hydrogen-bond donors (Lipinski definition) is 2. The molecule has 1 fully saturated rings. The van der Waals surface area contributed by atoms with Crippen molar-refractivity contribution in [3.8, 4) is 0 Å². The predicted molar refractivity (Wildman–Crippen MR) is 81.2 cm³/mol. The molecule has 0 unspecified atom stereocenters. The highest BCUT2D eigenvalue weighted by Crippen LogP contribution is 2.18. The van der Waals surface area contributed by atoms with Crippen LogP contribution in [0.2, 0.25) is 0 Å². The van der Waals surface area contributed by atoms with E-state index in [4.69, 9.17) is 0 Å². The zero-order valence-electron chi connectivity index (χ0n) is 12.8. The van der Waals surface area contributed by atoms with Crippen molar-refractivity contribution in [2.45, 2.75) is 19.9 Å². The van der Waals surface area contributed by atoms with Gasteiger partial charge in [0.1, 0.15) is 18.0 Å². The number of rotatable bonds is 5. The van der Waals surface area contributed by atoms with Crippen LogP contribution >= 0.6 is 0 Å². The SMILES string of the molecule is CC(C)[C@@H](CO)Nc1cc(N2CCN(C)C(=O)C2)ncn1. The number of aromatic nitrogens is 2. The minimum absolute atomic E-state index is 0.0456. The van der Waals surface area contributed by atoms with Gasteiger partial charge in [-0.3, -0.25) is 4.79 Å². The maximum atomic E-state index is 11.8. The van der Waals surface area contributed by atoms with Crippen LogP contribution in [0.5, 0.6) is 0 Å². The van der Waals surface area contributed by atoms with Crippen LogP contribution in [-0.4, -0.2) is 65.2 Å². The second-order valence-electron chi connectivity index (χ2n) is 5.68. The topological polar surface area (TPSA) is 81.6 Å². The van der Waals surface area contributed by atoms with E-state index in [1.807, 2.05) is 24.8 Å². The molecule has 0 spiro atoms. The zero-order chi connectivity index (χ0) is 15.4. The molecular weight excluding hydrogens is 270 g/mol. The van der Waals surface area contributed by atoms with Gasteiger partial charge in [0.25, 0.3) is 0 Å². The Hall–Kier alpha value is -1.89. The van der Waals surface area contributed by atoms with Crippen molar-refractivity contribution < 1.29 is 9.90 Å². The van der Waals surface area contributed by atoms with Crippen LogP contribution in [0.25, 0.3) is 0 Å². The average molecular weight is 293 g/mol. The number of hydrogen-bond acceptors (Lipinski definition) is 6. The fraction of sp³-hybridized carbons (Fsp3) is 0.643. The molecule has 1 aromatic heterocycles. The van der Waals surface area contributed by atoms with Gasteiger partial charge in [0.15, 0.2) is 0 Å². The summed E-state index contributed by atoms with van der Waals surface area (Å²) in [7, 11) is 1.81. The number of likely N-dealkylation sites (N-methyl/N-ethyl adjacent to an activating group) is 1. The van der Waals surface area contributed by atoms with Crippen LogP contribution < -0.4 is 10.2 Å². The van der Waals surface area contributed by atoms with Gasteiger partial charge in [-0.05, 0) is 5.92 Å². The van der Waals surface area contributed by atoms with E-state index in [2.05, 4.69) is 15.3 Å². The van der Waals surface area contributed by atoms with Gasteiger partial charge in [-0.1, -0.05) is 13.8 Å². The number of nitrogens with one attached hydrogen (secondary N) is 1. The monoisotopic (exact) mass is 293 g/mol. The van der Waals surface area contributed by atoms with Gasteiger partial charge in [-0.15, -0.1) is 0 Å². The Balaban J connectivity index is 2.09. The Morgan fingerprint density at radius 1 is 1.38 bits per heavy atom. The Morgan fingerprint density at radius 2 is 2.14 bits per heavy atom. The number of carbonyl (C=O) groups is 1. The zero-order valence-corrected chi connectivity index (χ0v) is 12.8. The summed E-state index contributed by atoms with van der Waals surface area (Å²) >= 11 is 0. The van der Waals surface area contributed by atoms with E-state index in [1.165, 1.54) is 6.33 Å². The number of aliphatic hydroxyl groups excluding tert-OH is 1. The van der Waals surface area contributed by atoms with Crippen LogP contribution in [0.4, 0.5) is 11.6 Å². The summed E-state index contributed by atoms with van der Waals surface area (Å²) in [5.41, 5.74) is 0. The molecule has 2 N–H and O–H groups in total. The van der Waals surface area contributed by atoms with Crippen LogP contribution in [-0.2, 0) is 4.79 Å². The fourth-order valence-corrected chi connectivity index (χ4v) is 2.17. The number of amides is 1. The third kappa shape index (κ3) is 3.81. The van der Waals surface area contributed by atoms with E-state index in [1.54, 1.807) is 11.9 Å². The number of nitrogens with zero attached hydrogens (tertiary/aromatic N) is 4. The molecule has 1 atom stereocenters. The number of carbonyl (C=O) groups excluding carboxylic acids is 1. The number of anilines is 2. The Labute approximate surface area is 125 Å². The summed E-state index contributed by atoms with van der Waals surface area (Å²) in [5.74, 6) is 1.77. The number of piperazine rings is 1. The van der Waals surface area contributed by atoms with Gasteiger partial charge in [-0.2, -0.15) is 0 Å². The molecule has 116 valence electrons. The summed E-state index contributed by atoms with van der Waals surface area (Å²) in [6.07, 6.45) is 1.48. The highest BCUT2D eigenvalue weighted by molar-refractivity contribution is 5.82. The first kappa shape index (κ1) is 15.5. The van der Waals surface area contributed by atoms with Crippen molar-refractivity contribution in [1.29, 1.82) is 0 Å². The summed E-state index contributed by atoms with van der Waals surface area (Å²) in [6, 6.07) is 1.77. The van der Waals surface area contributed by atoms with E-state index in [0.717, 1.165) is 12.4 Å². The molecule has 2 rings (SSSR count). The molecule has 7 nitrogen and oxygen atoms in total. The largest absolute Gasteiger partial charge is 0.394 e. The first-order valence-corrected chi connectivity index (χ1v) is 7.19. The Morgan fingerprint density at radius 3 is 2.76 bits per heavy atom. The van der Waals surface area contributed by atoms with Crippen molar-refractivity contribution in [1.82, 2.24) is 14.9 Å². The standard InChI is InChI=1S/C14H23N5O2/c1-10(2)11(8-20)17-12-6-13(16-9-15-12)19-5-4-18(3)14(21)7-19/h6,9-11,20H,4-5,7-8H2,1-3H3,(H,15,16,17)/t11-/m1/s1. The van der Waals surface area contributed by atoms with E-state index in [-0.39, 0.29) is 18.6 Å². The third-order valence-corrected chi connectivity index (χ3v) is 3.77. The van der Waals surface area contributed by atoms with E-state index in [9.17, 15) is 9.90 Å². The van der Waals surface area contributed by atoms with Crippen LogP contribution in [0.15, 0.2) is 12.4 Å². The molecule has 1 aromatic rings. The Bertz CT molecular complexity index is 494. The summed E-state index contributed by atoms with van der Waals surface area (Å²) in [6.45, 7) is 5.90. The normalized spacial score (nSPS) is 17.3. The van der Waals surface area contributed by atoms with E-state index >= 15 is 0 Å². The summed E-state index contributed by atoms with van der Waals surface area (Å²) in [4.78, 5) is 23.9. The molecule has 21 heavy (non-hydrogen) atoms. The van der Waals surface area contributed by atoms with Gasteiger partial charge in [-0.25, -0.2) is 9.97 Å². The van der Waals surface area contributed by atoms with Gasteiger partial charge < -0.3 is 20.2 Å². The van der Waals surface area contributed by atoms with Crippen LogP contribution in [0.1, 0.15) is 13.8 Å². The molecule has 0 saturated carbocycles. The van der Waals surface area contributed by atoms with Gasteiger partial charge in [0, 0.05) is 26.2 Å². The van der Waals surface area contributed by atoms with Crippen LogP contribution in [0, 0.1) is 5.92 Å². The quantitative estimate of drug-likeness (QED) is 0.806. The maximum absolute atomic E-state index is 11.8. The van der Waals surface area contributed by atoms with Gasteiger partial charge in [0.2, 0.25) is 5.91 Å². The lowest BCUT2D eigenvalue weighted by atomic mass is 10.1. The summed E-state index contributed by atoms with van der Waals surface area (Å²) < 4.78 is 0. The molecule has 7 heteroatoms. The lowest BCUT2D eigenvalue weighted by Gasteiger charge is -2.32. The van der Waals surface area contributed by atoms with E-state index in [0.29, 0.717) is 24.8 Å². The highest BCUT2D eigenvalue weighted by atomic mass is 16.3. The second kappa shape index (κ2) is 6.71. The predicted octanol–water partition coefficient (Wildman–Crippen LogP) is 0.184. The first-order valence-electron chi connectivity index (χ1n) is 7.19. The van der Waals surface area contributed by atoms with E-state index < -0.39 is 0 Å². The molecule has 1 amide bonds. The molecule has 1 aliphatic heterocycles. The molecule has 0 aliphatic carbocycles. The minimum atomic E-state index is -0.0538. The molecule has 2 heterocycles. The molecular formula is C14H23N5O2. The molecule has 0 radical (unpaired) electrons. The summed E-state index contributed by atoms with van der Waals surface area (Å²) in [5, 5.41) is 12.6. The van der Waals surface area contributed by atoms with Crippen LogP contribution in [0.3, 0.4) is 0 Å². The molecule has 0 bridgehead atoms. The van der Waals surface area contributed by atoms with Crippen molar-refractivity contribution >= 4 is 17.5 Å². The highest BCUT2D eigenvalue weighted by Gasteiger charge is 2.22. The van der Waals surface area contributed by atoms with Gasteiger partial charge in [0.05, 0.1) is 19.2 Å². The lowest BCUT2D eigenvalue weighted by molar-refractivity contribution is -0.129. The Kier molecular flexibility index (Phi) is 4.95. The molecule has 0 aromatic carbocycles. The van der Waals surface area contributed by atoms with Crippen molar-refractivity contribution in [3.63, 3.8) is 0 Å². The minimum Gasteiger partial charge on any atom is -0.394 e. The maximum Gasteiger partial charge on any atom is 0.241 e. The average Bonchev–Trinajstić information content (AvgIpc) is 2.47.